The Morgan fingerprint density at radius 1 is 1.38 bits per heavy atom. The number of rotatable bonds is 7. The third-order valence-electron chi connectivity index (χ3n) is 3.35. The maximum Gasteiger partial charge on any atom is 0.231 e. The first-order chi connectivity index (χ1) is 10.2. The van der Waals surface area contributed by atoms with Gasteiger partial charge in [-0.3, -0.25) is 4.79 Å². The lowest BCUT2D eigenvalue weighted by atomic mass is 10.1. The van der Waals surface area contributed by atoms with Gasteiger partial charge < -0.3 is 20.5 Å². The van der Waals surface area contributed by atoms with Gasteiger partial charge in [0.1, 0.15) is 0 Å². The molecule has 2 atom stereocenters. The van der Waals surface area contributed by atoms with E-state index in [2.05, 4.69) is 5.32 Å². The molecule has 0 aliphatic heterocycles. The van der Waals surface area contributed by atoms with E-state index in [4.69, 9.17) is 15.2 Å². The number of anilines is 1. The van der Waals surface area contributed by atoms with Gasteiger partial charge in [0.05, 0.1) is 25.7 Å². The van der Waals surface area contributed by atoms with Gasteiger partial charge in [0.2, 0.25) is 5.91 Å². The van der Waals surface area contributed by atoms with Crippen molar-refractivity contribution >= 4 is 11.6 Å². The van der Waals surface area contributed by atoms with Crippen molar-refractivity contribution in [2.45, 2.75) is 19.1 Å². The SMILES string of the molecule is COCCOCc1cccc(NC(=O)C2C=CC(N)C2)c1. The molecule has 3 N–H and O–H groups in total. The number of carbonyl (C=O) groups is 1. The Labute approximate surface area is 125 Å². The molecule has 0 bridgehead atoms. The zero-order chi connectivity index (χ0) is 15.1. The highest BCUT2D eigenvalue weighted by Crippen LogP contribution is 2.19. The van der Waals surface area contributed by atoms with Gasteiger partial charge in [0.25, 0.3) is 0 Å². The lowest BCUT2D eigenvalue weighted by molar-refractivity contribution is -0.118. The maximum absolute atomic E-state index is 12.1. The summed E-state index contributed by atoms with van der Waals surface area (Å²) in [6, 6.07) is 7.65. The summed E-state index contributed by atoms with van der Waals surface area (Å²) in [5, 5.41) is 2.92. The van der Waals surface area contributed by atoms with E-state index in [1.165, 1.54) is 0 Å². The highest BCUT2D eigenvalue weighted by Gasteiger charge is 2.22. The average molecular weight is 290 g/mol. The Morgan fingerprint density at radius 2 is 2.24 bits per heavy atom. The molecule has 1 aliphatic carbocycles. The van der Waals surface area contributed by atoms with E-state index in [-0.39, 0.29) is 17.9 Å². The van der Waals surface area contributed by atoms with Crippen molar-refractivity contribution in [1.82, 2.24) is 0 Å². The summed E-state index contributed by atoms with van der Waals surface area (Å²) in [7, 11) is 1.64. The van der Waals surface area contributed by atoms with Gasteiger partial charge >= 0.3 is 0 Å². The summed E-state index contributed by atoms with van der Waals surface area (Å²) in [4.78, 5) is 12.1. The van der Waals surface area contributed by atoms with Crippen molar-refractivity contribution in [3.05, 3.63) is 42.0 Å². The van der Waals surface area contributed by atoms with Gasteiger partial charge in [0, 0.05) is 18.8 Å². The van der Waals surface area contributed by atoms with Crippen LogP contribution in [0.5, 0.6) is 0 Å². The minimum absolute atomic E-state index is 0.0127. The van der Waals surface area contributed by atoms with Crippen LogP contribution in [-0.2, 0) is 20.9 Å². The molecule has 0 aromatic heterocycles. The Hall–Kier alpha value is -1.69. The summed E-state index contributed by atoms with van der Waals surface area (Å²) in [6.45, 7) is 1.63. The Bertz CT molecular complexity index is 502. The molecule has 21 heavy (non-hydrogen) atoms. The molecule has 0 radical (unpaired) electrons. The van der Waals surface area contributed by atoms with Gasteiger partial charge in [-0.25, -0.2) is 0 Å². The highest BCUT2D eigenvalue weighted by atomic mass is 16.5. The van der Waals surface area contributed by atoms with E-state index in [9.17, 15) is 4.79 Å². The molecule has 1 aliphatic rings. The Morgan fingerprint density at radius 3 is 2.95 bits per heavy atom. The monoisotopic (exact) mass is 290 g/mol. The molecule has 1 aromatic rings. The first kappa shape index (κ1) is 15.7. The second kappa shape index (κ2) is 7.93. The number of hydrogen-bond donors (Lipinski definition) is 2. The van der Waals surface area contributed by atoms with E-state index >= 15 is 0 Å². The van der Waals surface area contributed by atoms with Crippen molar-refractivity contribution in [2.75, 3.05) is 25.6 Å². The lowest BCUT2D eigenvalue weighted by Crippen LogP contribution is -2.24. The zero-order valence-corrected chi connectivity index (χ0v) is 12.2. The second-order valence-corrected chi connectivity index (χ2v) is 5.13. The van der Waals surface area contributed by atoms with Crippen LogP contribution in [0.1, 0.15) is 12.0 Å². The molecule has 2 rings (SSSR count). The maximum atomic E-state index is 12.1. The van der Waals surface area contributed by atoms with Crippen LogP contribution in [0, 0.1) is 5.92 Å². The fourth-order valence-electron chi connectivity index (χ4n) is 2.23. The van der Waals surface area contributed by atoms with E-state index in [0.717, 1.165) is 11.3 Å². The van der Waals surface area contributed by atoms with Crippen LogP contribution in [0.3, 0.4) is 0 Å². The second-order valence-electron chi connectivity index (χ2n) is 5.13. The van der Waals surface area contributed by atoms with Gasteiger partial charge in [-0.2, -0.15) is 0 Å². The first-order valence-corrected chi connectivity index (χ1v) is 7.09. The predicted octanol–water partition coefficient (Wildman–Crippen LogP) is 1.69. The smallest absolute Gasteiger partial charge is 0.231 e. The number of benzene rings is 1. The number of methoxy groups -OCH3 is 1. The van der Waals surface area contributed by atoms with Crippen LogP contribution in [0.25, 0.3) is 0 Å². The van der Waals surface area contributed by atoms with Crippen molar-refractivity contribution < 1.29 is 14.3 Å². The molecule has 0 heterocycles. The van der Waals surface area contributed by atoms with Gasteiger partial charge in [-0.1, -0.05) is 24.3 Å². The van der Waals surface area contributed by atoms with Crippen LogP contribution in [0.15, 0.2) is 36.4 Å². The van der Waals surface area contributed by atoms with Crippen molar-refractivity contribution in [1.29, 1.82) is 0 Å². The van der Waals surface area contributed by atoms with Gasteiger partial charge in [-0.15, -0.1) is 0 Å². The number of ether oxygens (including phenoxy) is 2. The third-order valence-corrected chi connectivity index (χ3v) is 3.35. The van der Waals surface area contributed by atoms with Crippen molar-refractivity contribution in [2.24, 2.45) is 11.7 Å². The largest absolute Gasteiger partial charge is 0.382 e. The molecule has 0 saturated carbocycles. The summed E-state index contributed by atoms with van der Waals surface area (Å²) in [6.07, 6.45) is 4.42. The molecule has 2 unspecified atom stereocenters. The van der Waals surface area contributed by atoms with Gasteiger partial charge in [-0.05, 0) is 24.1 Å². The Balaban J connectivity index is 1.85. The normalized spacial score (nSPS) is 20.7. The number of nitrogens with one attached hydrogen (secondary N) is 1. The molecule has 0 saturated heterocycles. The molecule has 0 fully saturated rings. The predicted molar refractivity (Wildman–Crippen MR) is 81.8 cm³/mol. The molecule has 1 amide bonds. The molecule has 1 aromatic carbocycles. The van der Waals surface area contributed by atoms with E-state index < -0.39 is 0 Å². The van der Waals surface area contributed by atoms with Crippen LogP contribution >= 0.6 is 0 Å². The van der Waals surface area contributed by atoms with Crippen LogP contribution < -0.4 is 11.1 Å². The minimum atomic E-state index is -0.137. The fraction of sp³-hybridized carbons (Fsp3) is 0.438. The summed E-state index contributed by atoms with van der Waals surface area (Å²) < 4.78 is 10.4. The average Bonchev–Trinajstić information content (AvgIpc) is 2.91. The number of carbonyl (C=O) groups excluding carboxylic acids is 1. The quantitative estimate of drug-likeness (QED) is 0.592. The fourth-order valence-corrected chi connectivity index (χ4v) is 2.23. The van der Waals surface area contributed by atoms with Crippen molar-refractivity contribution in [3.8, 4) is 0 Å². The first-order valence-electron chi connectivity index (χ1n) is 7.09. The molecular formula is C16H22N2O3. The molecular weight excluding hydrogens is 268 g/mol. The molecule has 0 spiro atoms. The van der Waals surface area contributed by atoms with Crippen LogP contribution in [0.2, 0.25) is 0 Å². The molecule has 114 valence electrons. The Kier molecular flexibility index (Phi) is 5.92. The minimum Gasteiger partial charge on any atom is -0.382 e. The van der Waals surface area contributed by atoms with Crippen LogP contribution in [-0.4, -0.2) is 32.3 Å². The van der Waals surface area contributed by atoms with Crippen molar-refractivity contribution in [3.63, 3.8) is 0 Å². The van der Waals surface area contributed by atoms with E-state index in [0.29, 0.717) is 26.2 Å². The lowest BCUT2D eigenvalue weighted by Gasteiger charge is -2.11. The number of hydrogen-bond acceptors (Lipinski definition) is 4. The summed E-state index contributed by atoms with van der Waals surface area (Å²) in [5.41, 5.74) is 7.56. The molecule has 5 heteroatoms. The number of nitrogens with two attached hydrogens (primary N) is 1. The van der Waals surface area contributed by atoms with Gasteiger partial charge in [0.15, 0.2) is 0 Å². The topological polar surface area (TPSA) is 73.6 Å². The summed E-state index contributed by atoms with van der Waals surface area (Å²) >= 11 is 0. The zero-order valence-electron chi connectivity index (χ0n) is 12.2. The van der Waals surface area contributed by atoms with E-state index in [1.54, 1.807) is 7.11 Å². The van der Waals surface area contributed by atoms with E-state index in [1.807, 2.05) is 36.4 Å². The van der Waals surface area contributed by atoms with Crippen LogP contribution in [0.4, 0.5) is 5.69 Å². The standard InChI is InChI=1S/C16H22N2O3/c1-20-7-8-21-11-12-3-2-4-15(9-12)18-16(19)13-5-6-14(17)10-13/h2-6,9,13-14H,7-8,10-11,17H2,1H3,(H,18,19). The summed E-state index contributed by atoms with van der Waals surface area (Å²) in [5.74, 6) is -0.154. The third kappa shape index (κ3) is 4.97. The highest BCUT2D eigenvalue weighted by molar-refractivity contribution is 5.94. The molecule has 5 nitrogen and oxygen atoms in total. The number of amides is 1.